The van der Waals surface area contributed by atoms with Crippen LogP contribution in [0.2, 0.25) is 5.02 Å². The van der Waals surface area contributed by atoms with Gasteiger partial charge < -0.3 is 14.7 Å². The second-order valence-corrected chi connectivity index (χ2v) is 5.58. The van der Waals surface area contributed by atoms with Crippen LogP contribution in [0.3, 0.4) is 0 Å². The van der Waals surface area contributed by atoms with Crippen LogP contribution in [0.15, 0.2) is 18.2 Å². The molecule has 1 aromatic carbocycles. The summed E-state index contributed by atoms with van der Waals surface area (Å²) in [6.07, 6.45) is -0.201. The lowest BCUT2D eigenvalue weighted by molar-refractivity contribution is -0.150. The normalized spacial score (nSPS) is 21.0. The fourth-order valence-corrected chi connectivity index (χ4v) is 2.68. The molecule has 2 rings (SSSR count). The molecular weight excluding hydrogens is 313 g/mol. The Hall–Kier alpha value is -1.82. The smallest absolute Gasteiger partial charge is 0.343 e. The molecule has 0 aliphatic carbocycles. The van der Waals surface area contributed by atoms with E-state index in [4.69, 9.17) is 21.4 Å². The van der Waals surface area contributed by atoms with Gasteiger partial charge >= 0.3 is 5.97 Å². The van der Waals surface area contributed by atoms with E-state index in [1.807, 2.05) is 0 Å². The minimum atomic E-state index is -2.35. The Morgan fingerprint density at radius 1 is 1.50 bits per heavy atom. The van der Waals surface area contributed by atoms with E-state index in [-0.39, 0.29) is 25.3 Å². The third kappa shape index (κ3) is 3.32. The maximum absolute atomic E-state index is 14.0. The molecular formula is C15H17ClFNO4. The lowest BCUT2D eigenvalue weighted by Crippen LogP contribution is -2.39. The Kier molecular flexibility index (Phi) is 4.90. The average Bonchev–Trinajstić information content (AvgIpc) is 2.87. The maximum Gasteiger partial charge on any atom is 0.343 e. The number of carbonyl (C=O) groups is 2. The van der Waals surface area contributed by atoms with Crippen molar-refractivity contribution in [2.24, 2.45) is 0 Å². The van der Waals surface area contributed by atoms with Crippen LogP contribution in [0.5, 0.6) is 5.75 Å². The SMILES string of the molecule is CCOc1c(Cl)cccc1CC(=O)N1CCC(F)(C(=O)O)C1. The van der Waals surface area contributed by atoms with Gasteiger partial charge in [-0.2, -0.15) is 0 Å². The van der Waals surface area contributed by atoms with Gasteiger partial charge in [0.05, 0.1) is 24.6 Å². The topological polar surface area (TPSA) is 66.8 Å². The molecule has 1 aliphatic heterocycles. The molecule has 1 fully saturated rings. The average molecular weight is 330 g/mol. The van der Waals surface area contributed by atoms with Gasteiger partial charge in [-0.25, -0.2) is 9.18 Å². The van der Waals surface area contributed by atoms with Gasteiger partial charge in [0, 0.05) is 18.5 Å². The second-order valence-electron chi connectivity index (χ2n) is 5.17. The van der Waals surface area contributed by atoms with E-state index in [0.717, 1.165) is 0 Å². The number of nitrogens with zero attached hydrogens (tertiary/aromatic N) is 1. The highest BCUT2D eigenvalue weighted by Gasteiger charge is 2.46. The summed E-state index contributed by atoms with van der Waals surface area (Å²) < 4.78 is 19.4. The number of aliphatic carboxylic acids is 1. The number of amides is 1. The van der Waals surface area contributed by atoms with Crippen molar-refractivity contribution < 1.29 is 23.8 Å². The molecule has 1 aromatic rings. The van der Waals surface area contributed by atoms with Gasteiger partial charge in [0.15, 0.2) is 0 Å². The van der Waals surface area contributed by atoms with Crippen LogP contribution < -0.4 is 4.74 Å². The number of benzene rings is 1. The predicted octanol–water partition coefficient (Wildman–Crippen LogP) is 2.31. The van der Waals surface area contributed by atoms with Gasteiger partial charge in [-0.15, -0.1) is 0 Å². The minimum Gasteiger partial charge on any atom is -0.492 e. The van der Waals surface area contributed by atoms with E-state index in [1.165, 1.54) is 4.90 Å². The number of carboxylic acid groups (broad SMARTS) is 1. The molecule has 22 heavy (non-hydrogen) atoms. The molecule has 1 atom stereocenters. The van der Waals surface area contributed by atoms with Crippen LogP contribution in [0, 0.1) is 0 Å². The summed E-state index contributed by atoms with van der Waals surface area (Å²) in [5.41, 5.74) is -1.75. The van der Waals surface area contributed by atoms with Crippen molar-refractivity contribution in [1.82, 2.24) is 4.90 Å². The van der Waals surface area contributed by atoms with Gasteiger partial charge in [-0.3, -0.25) is 4.79 Å². The van der Waals surface area contributed by atoms with Gasteiger partial charge in [-0.05, 0) is 13.0 Å². The third-order valence-corrected chi connectivity index (χ3v) is 3.93. The lowest BCUT2D eigenvalue weighted by atomic mass is 10.1. The van der Waals surface area contributed by atoms with Crippen LogP contribution in [0.1, 0.15) is 18.9 Å². The van der Waals surface area contributed by atoms with Crippen LogP contribution in [-0.2, 0) is 16.0 Å². The number of carbonyl (C=O) groups excluding carboxylic acids is 1. The van der Waals surface area contributed by atoms with E-state index in [1.54, 1.807) is 25.1 Å². The molecule has 0 radical (unpaired) electrons. The Morgan fingerprint density at radius 2 is 2.23 bits per heavy atom. The quantitative estimate of drug-likeness (QED) is 0.900. The first kappa shape index (κ1) is 16.5. The standard InChI is InChI=1S/C15H17ClFNO4/c1-2-22-13-10(4-3-5-11(13)16)8-12(19)18-7-6-15(17,9-18)14(20)21/h3-5H,2,6-9H2,1H3,(H,20,21). The Bertz CT molecular complexity index is 595. The molecule has 120 valence electrons. The molecule has 1 heterocycles. The van der Waals surface area contributed by atoms with Gasteiger partial charge in [-0.1, -0.05) is 23.7 Å². The predicted molar refractivity (Wildman–Crippen MR) is 79.0 cm³/mol. The summed E-state index contributed by atoms with van der Waals surface area (Å²) in [6.45, 7) is 1.87. The third-order valence-electron chi connectivity index (χ3n) is 3.63. The van der Waals surface area contributed by atoms with Crippen LogP contribution in [-0.4, -0.2) is 47.2 Å². The molecule has 5 nitrogen and oxygen atoms in total. The number of hydrogen-bond acceptors (Lipinski definition) is 3. The zero-order valence-corrected chi connectivity index (χ0v) is 12.9. The van der Waals surface area contributed by atoms with Gasteiger partial charge in [0.25, 0.3) is 0 Å². The van der Waals surface area contributed by atoms with Crippen LogP contribution in [0.4, 0.5) is 4.39 Å². The Morgan fingerprint density at radius 3 is 2.82 bits per heavy atom. The van der Waals surface area contributed by atoms with Crippen molar-refractivity contribution >= 4 is 23.5 Å². The summed E-state index contributed by atoms with van der Waals surface area (Å²) in [4.78, 5) is 24.4. The van der Waals surface area contributed by atoms with Crippen molar-refractivity contribution in [1.29, 1.82) is 0 Å². The summed E-state index contributed by atoms with van der Waals surface area (Å²) in [5, 5.41) is 9.26. The number of ether oxygens (including phenoxy) is 1. The zero-order chi connectivity index (χ0) is 16.3. The molecule has 1 amide bonds. The molecule has 0 aromatic heterocycles. The van der Waals surface area contributed by atoms with Crippen molar-refractivity contribution in [3.05, 3.63) is 28.8 Å². The summed E-state index contributed by atoms with van der Waals surface area (Å²) in [6, 6.07) is 5.08. The molecule has 1 unspecified atom stereocenters. The summed E-state index contributed by atoms with van der Waals surface area (Å²) in [7, 11) is 0. The highest BCUT2D eigenvalue weighted by Crippen LogP contribution is 2.31. The Labute approximate surface area is 132 Å². The van der Waals surface area contributed by atoms with Crippen molar-refractivity contribution in [3.63, 3.8) is 0 Å². The van der Waals surface area contributed by atoms with Crippen LogP contribution in [0.25, 0.3) is 0 Å². The lowest BCUT2D eigenvalue weighted by Gasteiger charge is -2.19. The first-order valence-electron chi connectivity index (χ1n) is 6.97. The van der Waals surface area contributed by atoms with E-state index < -0.39 is 18.2 Å². The number of halogens is 2. The highest BCUT2D eigenvalue weighted by atomic mass is 35.5. The largest absolute Gasteiger partial charge is 0.492 e. The molecule has 1 saturated heterocycles. The maximum atomic E-state index is 14.0. The van der Waals surface area contributed by atoms with Crippen molar-refractivity contribution in [3.8, 4) is 5.75 Å². The minimum absolute atomic E-state index is 0.00834. The number of carboxylic acids is 1. The number of rotatable bonds is 5. The summed E-state index contributed by atoms with van der Waals surface area (Å²) in [5.74, 6) is -1.44. The van der Waals surface area contributed by atoms with E-state index in [2.05, 4.69) is 0 Å². The molecule has 0 spiro atoms. The molecule has 7 heteroatoms. The van der Waals surface area contributed by atoms with Crippen molar-refractivity contribution in [2.75, 3.05) is 19.7 Å². The fraction of sp³-hybridized carbons (Fsp3) is 0.467. The van der Waals surface area contributed by atoms with Gasteiger partial charge in [0.1, 0.15) is 5.75 Å². The molecule has 1 N–H and O–H groups in total. The van der Waals surface area contributed by atoms with Crippen molar-refractivity contribution in [2.45, 2.75) is 25.4 Å². The first-order chi connectivity index (χ1) is 10.4. The van der Waals surface area contributed by atoms with E-state index >= 15 is 0 Å². The summed E-state index contributed by atoms with van der Waals surface area (Å²) >= 11 is 6.05. The van der Waals surface area contributed by atoms with Crippen LogP contribution >= 0.6 is 11.6 Å². The molecule has 1 aliphatic rings. The Balaban J connectivity index is 2.11. The number of likely N-dealkylation sites (tertiary alicyclic amines) is 1. The molecule has 0 saturated carbocycles. The van der Waals surface area contributed by atoms with Gasteiger partial charge in [0.2, 0.25) is 11.6 Å². The zero-order valence-electron chi connectivity index (χ0n) is 12.1. The first-order valence-corrected chi connectivity index (χ1v) is 7.35. The number of hydrogen-bond donors (Lipinski definition) is 1. The number of alkyl halides is 1. The fourth-order valence-electron chi connectivity index (χ4n) is 2.43. The second kappa shape index (κ2) is 6.52. The monoisotopic (exact) mass is 329 g/mol. The molecule has 0 bridgehead atoms. The van der Waals surface area contributed by atoms with E-state index in [9.17, 15) is 14.0 Å². The highest BCUT2D eigenvalue weighted by molar-refractivity contribution is 6.32. The number of para-hydroxylation sites is 1. The van der Waals surface area contributed by atoms with E-state index in [0.29, 0.717) is 22.9 Å².